The van der Waals surface area contributed by atoms with Crippen molar-refractivity contribution in [2.75, 3.05) is 24.5 Å². The van der Waals surface area contributed by atoms with E-state index in [-0.39, 0.29) is 30.2 Å². The van der Waals surface area contributed by atoms with E-state index in [2.05, 4.69) is 16.0 Å². The Morgan fingerprint density at radius 2 is 2.11 bits per heavy atom. The molecule has 8 nitrogen and oxygen atoms in total. The maximum Gasteiger partial charge on any atom is 0.407 e. The zero-order chi connectivity index (χ0) is 20.9. The maximum atomic E-state index is 12.8. The first-order valence-corrected chi connectivity index (χ1v) is 8.87. The molecule has 0 spiro atoms. The normalized spacial score (nSPS) is 11.0. The van der Waals surface area contributed by atoms with E-state index < -0.39 is 12.0 Å². The molecule has 2 aromatic heterocycles. The van der Waals surface area contributed by atoms with Gasteiger partial charge in [0.1, 0.15) is 12.2 Å². The molecule has 28 heavy (non-hydrogen) atoms. The van der Waals surface area contributed by atoms with Gasteiger partial charge in [0.2, 0.25) is 5.91 Å². The number of nitrogens with zero attached hydrogens (tertiary/aromatic N) is 5. The first-order valence-electron chi connectivity index (χ1n) is 8.49. The highest BCUT2D eigenvalue weighted by Crippen LogP contribution is 2.26. The fraction of sp³-hybridized carbons (Fsp3) is 0.368. The zero-order valence-corrected chi connectivity index (χ0v) is 16.7. The number of terminal acetylenes is 1. The lowest BCUT2D eigenvalue weighted by Crippen LogP contribution is -2.45. The van der Waals surface area contributed by atoms with Crippen molar-refractivity contribution in [1.29, 1.82) is 0 Å². The van der Waals surface area contributed by atoms with Crippen LogP contribution in [0.5, 0.6) is 0 Å². The number of carboxylic acid groups (broad SMARTS) is 1. The van der Waals surface area contributed by atoms with Crippen LogP contribution in [-0.2, 0) is 4.79 Å². The molecule has 0 radical (unpaired) electrons. The molecule has 0 bridgehead atoms. The number of hydrogen-bond acceptors (Lipinski definition) is 4. The number of amides is 2. The van der Waals surface area contributed by atoms with Gasteiger partial charge in [-0.1, -0.05) is 38.3 Å². The van der Waals surface area contributed by atoms with E-state index in [0.29, 0.717) is 11.4 Å². The van der Waals surface area contributed by atoms with Gasteiger partial charge in [0.25, 0.3) is 0 Å². The van der Waals surface area contributed by atoms with Crippen molar-refractivity contribution in [3.8, 4) is 18.0 Å². The van der Waals surface area contributed by atoms with Crippen molar-refractivity contribution in [2.45, 2.75) is 20.8 Å². The molecule has 0 aliphatic rings. The molecule has 148 valence electrons. The number of carbonyl (C=O) groups excluding carboxylic acids is 1. The van der Waals surface area contributed by atoms with Crippen molar-refractivity contribution in [3.05, 3.63) is 35.9 Å². The molecule has 0 aliphatic carbocycles. The predicted molar refractivity (Wildman–Crippen MR) is 107 cm³/mol. The molecule has 0 fully saturated rings. The SMILES string of the molecule is C#CCN(C(=O)CN(CC(C)(C)C)C(=O)O)c1cn(-c2cccnc2)nc1Cl. The van der Waals surface area contributed by atoms with Crippen LogP contribution >= 0.6 is 11.6 Å². The van der Waals surface area contributed by atoms with Crippen LogP contribution in [0.4, 0.5) is 10.5 Å². The number of rotatable bonds is 6. The largest absolute Gasteiger partial charge is 0.465 e. The summed E-state index contributed by atoms with van der Waals surface area (Å²) < 4.78 is 1.48. The Balaban J connectivity index is 2.30. The van der Waals surface area contributed by atoms with E-state index in [0.717, 1.165) is 4.90 Å². The predicted octanol–water partition coefficient (Wildman–Crippen LogP) is 2.91. The van der Waals surface area contributed by atoms with Crippen LogP contribution in [-0.4, -0.2) is 56.4 Å². The highest BCUT2D eigenvalue weighted by molar-refractivity contribution is 6.32. The van der Waals surface area contributed by atoms with Crippen molar-refractivity contribution in [1.82, 2.24) is 19.7 Å². The fourth-order valence-corrected chi connectivity index (χ4v) is 2.79. The summed E-state index contributed by atoms with van der Waals surface area (Å²) in [5.74, 6) is 1.92. The van der Waals surface area contributed by atoms with E-state index in [4.69, 9.17) is 18.0 Å². The standard InChI is InChI=1S/C19H22ClN5O3/c1-5-9-24(16(26)12-23(18(27)28)13-19(2,3)4)15-11-25(22-17(15)20)14-7-6-8-21-10-14/h1,6-8,10-11H,9,12-13H2,2-4H3,(H,27,28). The average Bonchev–Trinajstić information content (AvgIpc) is 3.00. The topological polar surface area (TPSA) is 91.6 Å². The van der Waals surface area contributed by atoms with Crippen molar-refractivity contribution < 1.29 is 14.7 Å². The third-order valence-corrected chi connectivity index (χ3v) is 3.93. The molecule has 2 rings (SSSR count). The lowest BCUT2D eigenvalue weighted by molar-refractivity contribution is -0.119. The second kappa shape index (κ2) is 8.76. The van der Waals surface area contributed by atoms with E-state index in [1.165, 1.54) is 9.58 Å². The van der Waals surface area contributed by atoms with Crippen molar-refractivity contribution in [3.63, 3.8) is 0 Å². The van der Waals surface area contributed by atoms with Crippen LogP contribution < -0.4 is 4.90 Å². The van der Waals surface area contributed by atoms with Crippen LogP contribution in [0.15, 0.2) is 30.7 Å². The number of carbonyl (C=O) groups is 2. The highest BCUT2D eigenvalue weighted by atomic mass is 35.5. The summed E-state index contributed by atoms with van der Waals surface area (Å²) in [5, 5.41) is 13.7. The van der Waals surface area contributed by atoms with E-state index in [1.807, 2.05) is 20.8 Å². The van der Waals surface area contributed by atoms with Gasteiger partial charge in [-0.25, -0.2) is 9.48 Å². The first kappa shape index (κ1) is 21.3. The third-order valence-electron chi connectivity index (χ3n) is 3.67. The average molecular weight is 404 g/mol. The summed E-state index contributed by atoms with van der Waals surface area (Å²) in [6, 6.07) is 3.52. The van der Waals surface area contributed by atoms with Gasteiger partial charge in [0.05, 0.1) is 24.6 Å². The Bertz CT molecular complexity index is 883. The van der Waals surface area contributed by atoms with E-state index in [1.54, 1.807) is 30.7 Å². The molecule has 2 amide bonds. The second-order valence-corrected chi connectivity index (χ2v) is 7.70. The lowest BCUT2D eigenvalue weighted by atomic mass is 9.96. The molecule has 2 heterocycles. The number of aromatic nitrogens is 3. The van der Waals surface area contributed by atoms with Crippen LogP contribution in [0.25, 0.3) is 5.69 Å². The Kier molecular flexibility index (Phi) is 6.65. The Morgan fingerprint density at radius 1 is 1.39 bits per heavy atom. The molecule has 2 aromatic rings. The highest BCUT2D eigenvalue weighted by Gasteiger charge is 2.27. The second-order valence-electron chi connectivity index (χ2n) is 7.34. The molecular formula is C19H22ClN5O3. The van der Waals surface area contributed by atoms with Crippen molar-refractivity contribution >= 4 is 29.3 Å². The summed E-state index contributed by atoms with van der Waals surface area (Å²) in [6.07, 6.45) is 9.01. The molecule has 0 saturated heterocycles. The van der Waals surface area contributed by atoms with Crippen LogP contribution in [0, 0.1) is 17.8 Å². The van der Waals surface area contributed by atoms with Crippen LogP contribution in [0.3, 0.4) is 0 Å². The third kappa shape index (κ3) is 5.47. The smallest absolute Gasteiger partial charge is 0.407 e. The summed E-state index contributed by atoms with van der Waals surface area (Å²) in [5.41, 5.74) is 0.650. The molecule has 0 aliphatic heterocycles. The molecule has 0 atom stereocenters. The van der Waals surface area contributed by atoms with Gasteiger partial charge < -0.3 is 5.11 Å². The first-order chi connectivity index (χ1) is 13.1. The van der Waals surface area contributed by atoms with Gasteiger partial charge in [-0.15, -0.1) is 6.42 Å². The number of anilines is 1. The molecule has 0 saturated carbocycles. The van der Waals surface area contributed by atoms with Crippen molar-refractivity contribution in [2.24, 2.45) is 5.41 Å². The van der Waals surface area contributed by atoms with Gasteiger partial charge in [0, 0.05) is 12.7 Å². The van der Waals surface area contributed by atoms with Crippen LogP contribution in [0.1, 0.15) is 20.8 Å². The minimum atomic E-state index is -1.18. The zero-order valence-electron chi connectivity index (χ0n) is 16.0. The molecule has 0 aromatic carbocycles. The van der Waals surface area contributed by atoms with Gasteiger partial charge in [-0.3, -0.25) is 19.6 Å². The number of halogens is 1. The maximum absolute atomic E-state index is 12.8. The van der Waals surface area contributed by atoms with E-state index >= 15 is 0 Å². The minimum Gasteiger partial charge on any atom is -0.465 e. The van der Waals surface area contributed by atoms with Gasteiger partial charge >= 0.3 is 6.09 Å². The Labute approximate surface area is 168 Å². The fourth-order valence-electron chi connectivity index (χ4n) is 2.56. The number of pyridine rings is 1. The summed E-state index contributed by atoms with van der Waals surface area (Å²) in [7, 11) is 0. The molecular weight excluding hydrogens is 382 g/mol. The number of hydrogen-bond donors (Lipinski definition) is 1. The summed E-state index contributed by atoms with van der Waals surface area (Å²) in [6.45, 7) is 5.45. The van der Waals surface area contributed by atoms with Gasteiger partial charge in [-0.05, 0) is 17.5 Å². The Hall–Kier alpha value is -3.05. The molecule has 1 N–H and O–H groups in total. The summed E-state index contributed by atoms with van der Waals surface area (Å²) >= 11 is 6.23. The van der Waals surface area contributed by atoms with Gasteiger partial charge in [0.15, 0.2) is 5.15 Å². The molecule has 0 unspecified atom stereocenters. The van der Waals surface area contributed by atoms with Crippen LogP contribution in [0.2, 0.25) is 5.15 Å². The monoisotopic (exact) mass is 403 g/mol. The molecule has 9 heteroatoms. The summed E-state index contributed by atoms with van der Waals surface area (Å²) in [4.78, 5) is 30.7. The Morgan fingerprint density at radius 3 is 2.64 bits per heavy atom. The lowest BCUT2D eigenvalue weighted by Gasteiger charge is -2.29. The van der Waals surface area contributed by atoms with Gasteiger partial charge in [-0.2, -0.15) is 5.10 Å². The minimum absolute atomic E-state index is 0.0692. The quantitative estimate of drug-likeness (QED) is 0.749. The van der Waals surface area contributed by atoms with E-state index in [9.17, 15) is 14.7 Å².